The lowest BCUT2D eigenvalue weighted by molar-refractivity contribution is -0.387. The number of carboxylic acid groups (broad SMARTS) is 1. The summed E-state index contributed by atoms with van der Waals surface area (Å²) in [6.45, 7) is 0.196. The summed E-state index contributed by atoms with van der Waals surface area (Å²) < 4.78 is 18.8. The van der Waals surface area contributed by atoms with Crippen molar-refractivity contribution in [1.82, 2.24) is 4.90 Å². The second-order valence-corrected chi connectivity index (χ2v) is 5.83. The number of amides is 1. The number of nitro groups is 1. The Kier molecular flexibility index (Phi) is 6.26. The molecule has 1 atom stereocenters. The van der Waals surface area contributed by atoms with Crippen molar-refractivity contribution in [2.45, 2.75) is 38.1 Å². The minimum Gasteiger partial charge on any atom is -0.484 e. The molecule has 136 valence electrons. The molecule has 0 radical (unpaired) electrons. The van der Waals surface area contributed by atoms with E-state index in [4.69, 9.17) is 9.84 Å². The van der Waals surface area contributed by atoms with E-state index in [0.29, 0.717) is 13.0 Å². The van der Waals surface area contributed by atoms with Crippen LogP contribution in [0, 0.1) is 15.9 Å². The highest BCUT2D eigenvalue weighted by atomic mass is 19.1. The summed E-state index contributed by atoms with van der Waals surface area (Å²) in [7, 11) is 0. The van der Waals surface area contributed by atoms with Gasteiger partial charge in [-0.3, -0.25) is 19.7 Å². The van der Waals surface area contributed by atoms with E-state index in [1.165, 1.54) is 6.07 Å². The fourth-order valence-corrected chi connectivity index (χ4v) is 2.87. The summed E-state index contributed by atoms with van der Waals surface area (Å²) in [5.74, 6) is -2.23. The van der Waals surface area contributed by atoms with Crippen LogP contribution in [0.25, 0.3) is 0 Å². The van der Waals surface area contributed by atoms with Crippen molar-refractivity contribution in [3.8, 4) is 5.75 Å². The summed E-state index contributed by atoms with van der Waals surface area (Å²) in [6, 6.07) is 2.93. The number of nitro benzene ring substituents is 1. The molecule has 0 bridgehead atoms. The summed E-state index contributed by atoms with van der Waals surface area (Å²) >= 11 is 0. The molecule has 0 aliphatic carbocycles. The van der Waals surface area contributed by atoms with Gasteiger partial charge in [-0.15, -0.1) is 0 Å². The molecule has 9 heteroatoms. The number of carboxylic acids is 1. The minimum absolute atomic E-state index is 0.0110. The molecule has 1 N–H and O–H groups in total. The van der Waals surface area contributed by atoms with Crippen molar-refractivity contribution in [3.05, 3.63) is 34.1 Å². The maximum Gasteiger partial charge on any atom is 0.305 e. The van der Waals surface area contributed by atoms with Gasteiger partial charge in [-0.1, -0.05) is 0 Å². The van der Waals surface area contributed by atoms with Crippen LogP contribution in [-0.4, -0.2) is 46.0 Å². The molecule has 0 saturated carbocycles. The lowest BCUT2D eigenvalue weighted by atomic mass is 9.98. The Morgan fingerprint density at radius 1 is 1.40 bits per heavy atom. The average molecular weight is 354 g/mol. The maximum absolute atomic E-state index is 13.5. The van der Waals surface area contributed by atoms with Gasteiger partial charge in [0, 0.05) is 31.1 Å². The SMILES string of the molecule is O=C(O)CCC1CCCCN1C(=O)COc1ccc([N+](=O)[O-])c(F)c1. The molecule has 1 heterocycles. The van der Waals surface area contributed by atoms with Crippen molar-refractivity contribution < 1.29 is 28.7 Å². The third-order valence-corrected chi connectivity index (χ3v) is 4.12. The molecule has 0 aromatic heterocycles. The Morgan fingerprint density at radius 2 is 2.16 bits per heavy atom. The lowest BCUT2D eigenvalue weighted by Crippen LogP contribution is -2.46. The monoisotopic (exact) mass is 354 g/mol. The van der Waals surface area contributed by atoms with Crippen molar-refractivity contribution in [2.75, 3.05) is 13.2 Å². The molecule has 1 saturated heterocycles. The molecular weight excluding hydrogens is 335 g/mol. The number of aliphatic carboxylic acids is 1. The van der Waals surface area contributed by atoms with Crippen LogP contribution in [0.2, 0.25) is 0 Å². The van der Waals surface area contributed by atoms with Crippen molar-refractivity contribution >= 4 is 17.6 Å². The summed E-state index contributed by atoms with van der Waals surface area (Å²) in [4.78, 5) is 34.4. The number of rotatable bonds is 7. The molecule has 1 amide bonds. The Morgan fingerprint density at radius 3 is 2.80 bits per heavy atom. The number of ether oxygens (including phenoxy) is 1. The van der Waals surface area contributed by atoms with Crippen LogP contribution < -0.4 is 4.74 Å². The van der Waals surface area contributed by atoms with Gasteiger partial charge in [-0.25, -0.2) is 0 Å². The zero-order valence-corrected chi connectivity index (χ0v) is 13.5. The molecule has 25 heavy (non-hydrogen) atoms. The molecule has 1 aliphatic rings. The lowest BCUT2D eigenvalue weighted by Gasteiger charge is -2.35. The average Bonchev–Trinajstić information content (AvgIpc) is 2.57. The highest BCUT2D eigenvalue weighted by Crippen LogP contribution is 2.24. The largest absolute Gasteiger partial charge is 0.484 e. The fraction of sp³-hybridized carbons (Fsp3) is 0.500. The first-order valence-corrected chi connectivity index (χ1v) is 7.96. The molecule has 2 rings (SSSR count). The number of carbonyl (C=O) groups is 2. The maximum atomic E-state index is 13.5. The van der Waals surface area contributed by atoms with Crippen molar-refractivity contribution in [3.63, 3.8) is 0 Å². The Labute approximate surface area is 143 Å². The fourth-order valence-electron chi connectivity index (χ4n) is 2.87. The Balaban J connectivity index is 1.94. The quantitative estimate of drug-likeness (QED) is 0.594. The Bertz CT molecular complexity index is 666. The normalized spacial score (nSPS) is 17.2. The first-order valence-electron chi connectivity index (χ1n) is 7.96. The minimum atomic E-state index is -1.03. The molecule has 8 nitrogen and oxygen atoms in total. The molecule has 0 spiro atoms. The Hall–Kier alpha value is -2.71. The van der Waals surface area contributed by atoms with Gasteiger partial charge >= 0.3 is 11.7 Å². The number of hydrogen-bond donors (Lipinski definition) is 1. The number of benzene rings is 1. The molecule has 1 aliphatic heterocycles. The smallest absolute Gasteiger partial charge is 0.305 e. The zero-order chi connectivity index (χ0) is 18.4. The summed E-state index contributed by atoms with van der Waals surface area (Å²) in [5, 5.41) is 19.4. The van der Waals surface area contributed by atoms with Crippen LogP contribution in [0.4, 0.5) is 10.1 Å². The topological polar surface area (TPSA) is 110 Å². The van der Waals surface area contributed by atoms with Crippen molar-refractivity contribution in [2.24, 2.45) is 0 Å². The van der Waals surface area contributed by atoms with Gasteiger partial charge in [0.2, 0.25) is 5.82 Å². The molecular formula is C16H19FN2O6. The highest BCUT2D eigenvalue weighted by Gasteiger charge is 2.27. The number of halogens is 1. The standard InChI is InChI=1S/C16H19FN2O6/c17-13-9-12(5-6-14(13)19(23)24)25-10-15(20)18-8-2-1-3-11(18)4-7-16(21)22/h5-6,9,11H,1-4,7-8,10H2,(H,21,22). The zero-order valence-electron chi connectivity index (χ0n) is 13.5. The van der Waals surface area contributed by atoms with Crippen LogP contribution in [0.5, 0.6) is 5.75 Å². The van der Waals surface area contributed by atoms with Gasteiger partial charge in [0.25, 0.3) is 5.91 Å². The summed E-state index contributed by atoms with van der Waals surface area (Å²) in [6.07, 6.45) is 2.88. The van der Waals surface area contributed by atoms with Gasteiger partial charge in [0.1, 0.15) is 5.75 Å². The van der Waals surface area contributed by atoms with Gasteiger partial charge in [-0.2, -0.15) is 4.39 Å². The van der Waals surface area contributed by atoms with Crippen LogP contribution in [-0.2, 0) is 9.59 Å². The number of hydrogen-bond acceptors (Lipinski definition) is 5. The molecule has 1 aromatic carbocycles. The van der Waals surface area contributed by atoms with Gasteiger partial charge < -0.3 is 14.7 Å². The number of nitrogens with zero attached hydrogens (tertiary/aromatic N) is 2. The highest BCUT2D eigenvalue weighted by molar-refractivity contribution is 5.78. The molecule has 1 unspecified atom stereocenters. The molecule has 1 fully saturated rings. The van der Waals surface area contributed by atoms with Gasteiger partial charge in [0.15, 0.2) is 6.61 Å². The van der Waals surface area contributed by atoms with E-state index in [9.17, 15) is 24.1 Å². The predicted molar refractivity (Wildman–Crippen MR) is 84.8 cm³/mol. The van der Waals surface area contributed by atoms with Gasteiger partial charge in [0.05, 0.1) is 4.92 Å². The van der Waals surface area contributed by atoms with E-state index < -0.39 is 22.4 Å². The van der Waals surface area contributed by atoms with E-state index >= 15 is 0 Å². The first-order chi connectivity index (χ1) is 11.9. The third kappa shape index (κ3) is 5.13. The van der Waals surface area contributed by atoms with Crippen LogP contribution in [0.15, 0.2) is 18.2 Å². The third-order valence-electron chi connectivity index (χ3n) is 4.12. The van der Waals surface area contributed by atoms with Gasteiger partial charge in [-0.05, 0) is 31.7 Å². The molecule has 1 aromatic rings. The van der Waals surface area contributed by atoms with E-state index in [1.54, 1.807) is 4.90 Å². The number of carbonyl (C=O) groups excluding carboxylic acids is 1. The second kappa shape index (κ2) is 8.41. The van der Waals surface area contributed by atoms with E-state index in [2.05, 4.69) is 0 Å². The van der Waals surface area contributed by atoms with Crippen LogP contribution in [0.1, 0.15) is 32.1 Å². The first kappa shape index (κ1) is 18.6. The van der Waals surface area contributed by atoms with E-state index in [1.807, 2.05) is 0 Å². The van der Waals surface area contributed by atoms with Crippen LogP contribution in [0.3, 0.4) is 0 Å². The number of likely N-dealkylation sites (tertiary alicyclic amines) is 1. The van der Waals surface area contributed by atoms with Crippen molar-refractivity contribution in [1.29, 1.82) is 0 Å². The summed E-state index contributed by atoms with van der Waals surface area (Å²) in [5.41, 5.74) is -0.663. The van der Waals surface area contributed by atoms with E-state index in [-0.39, 0.29) is 30.7 Å². The predicted octanol–water partition coefficient (Wildman–Crippen LogP) is 2.36. The second-order valence-electron chi connectivity index (χ2n) is 5.83. The van der Waals surface area contributed by atoms with Crippen LogP contribution >= 0.6 is 0 Å². The van der Waals surface area contributed by atoms with E-state index in [0.717, 1.165) is 31.4 Å². The number of piperidine rings is 1.